The van der Waals surface area contributed by atoms with Crippen molar-refractivity contribution in [1.29, 1.82) is 0 Å². The summed E-state index contributed by atoms with van der Waals surface area (Å²) < 4.78 is 53.6. The number of alkyl halides is 3. The second kappa shape index (κ2) is 6.08. The van der Waals surface area contributed by atoms with Gasteiger partial charge in [0.15, 0.2) is 11.6 Å². The number of hydrogen-bond donors (Lipinski definition) is 1. The molecule has 0 aliphatic rings. The van der Waals surface area contributed by atoms with Gasteiger partial charge in [0.25, 0.3) is 0 Å². The Balaban J connectivity index is 2.11. The second-order valence-corrected chi connectivity index (χ2v) is 4.73. The van der Waals surface area contributed by atoms with Gasteiger partial charge < -0.3 is 4.74 Å². The van der Waals surface area contributed by atoms with Crippen LogP contribution in [0.1, 0.15) is 11.3 Å². The highest BCUT2D eigenvalue weighted by molar-refractivity contribution is 7.13. The van der Waals surface area contributed by atoms with Gasteiger partial charge in [-0.15, -0.1) is 24.5 Å². The quantitative estimate of drug-likeness (QED) is 0.527. The second-order valence-electron chi connectivity index (χ2n) is 3.87. The summed E-state index contributed by atoms with van der Waals surface area (Å²) in [6.45, 7) is 1.79. The molecule has 2 aromatic rings. The van der Waals surface area contributed by atoms with Crippen LogP contribution in [0, 0.1) is 12.7 Å². The Morgan fingerprint density at radius 2 is 2.14 bits per heavy atom. The molecule has 0 spiro atoms. The monoisotopic (exact) mass is 319 g/mol. The minimum atomic E-state index is -4.95. The van der Waals surface area contributed by atoms with Crippen LogP contribution >= 0.6 is 11.3 Å². The summed E-state index contributed by atoms with van der Waals surface area (Å²) in [7, 11) is 0. The largest absolute Gasteiger partial charge is 0.573 e. The Morgan fingerprint density at radius 1 is 1.38 bits per heavy atom. The van der Waals surface area contributed by atoms with E-state index in [2.05, 4.69) is 20.2 Å². The highest BCUT2D eigenvalue weighted by Crippen LogP contribution is 2.26. The molecule has 0 saturated carbocycles. The predicted molar refractivity (Wildman–Crippen MR) is 71.2 cm³/mol. The number of rotatable bonds is 4. The van der Waals surface area contributed by atoms with Crippen LogP contribution in [0.3, 0.4) is 0 Å². The molecule has 0 fully saturated rings. The molecule has 0 unspecified atom stereocenters. The van der Waals surface area contributed by atoms with E-state index in [1.165, 1.54) is 23.5 Å². The molecule has 21 heavy (non-hydrogen) atoms. The van der Waals surface area contributed by atoms with Crippen molar-refractivity contribution >= 4 is 22.7 Å². The van der Waals surface area contributed by atoms with E-state index in [0.717, 1.165) is 18.0 Å². The number of aromatic nitrogens is 1. The van der Waals surface area contributed by atoms with Gasteiger partial charge in [-0.2, -0.15) is 5.10 Å². The first-order chi connectivity index (χ1) is 9.85. The van der Waals surface area contributed by atoms with E-state index in [-0.39, 0.29) is 5.56 Å². The number of nitrogens with one attached hydrogen (secondary N) is 1. The lowest BCUT2D eigenvalue weighted by Crippen LogP contribution is -2.18. The summed E-state index contributed by atoms with van der Waals surface area (Å²) in [5, 5.41) is 6.00. The van der Waals surface area contributed by atoms with Gasteiger partial charge in [-0.25, -0.2) is 9.37 Å². The number of benzene rings is 1. The van der Waals surface area contributed by atoms with Gasteiger partial charge in [0.05, 0.1) is 11.9 Å². The first-order valence-electron chi connectivity index (χ1n) is 5.60. The van der Waals surface area contributed by atoms with Crippen LogP contribution in [-0.4, -0.2) is 17.6 Å². The Hall–Kier alpha value is -2.16. The van der Waals surface area contributed by atoms with Crippen LogP contribution in [0.4, 0.5) is 22.7 Å². The van der Waals surface area contributed by atoms with E-state index in [4.69, 9.17) is 0 Å². The molecular formula is C12H9F4N3OS. The molecule has 4 nitrogen and oxygen atoms in total. The SMILES string of the molecule is Cc1csc(NN=Cc2cccc(OC(F)(F)F)c2F)n1. The molecule has 0 aliphatic heterocycles. The Bertz CT molecular complexity index is 654. The fraction of sp³-hybridized carbons (Fsp3) is 0.167. The molecule has 1 heterocycles. The fourth-order valence-corrected chi connectivity index (χ4v) is 2.03. The van der Waals surface area contributed by atoms with Gasteiger partial charge in [0.1, 0.15) is 0 Å². The highest BCUT2D eigenvalue weighted by atomic mass is 32.1. The van der Waals surface area contributed by atoms with Gasteiger partial charge in [0, 0.05) is 10.9 Å². The van der Waals surface area contributed by atoms with Crippen molar-refractivity contribution in [2.45, 2.75) is 13.3 Å². The molecule has 0 atom stereocenters. The van der Waals surface area contributed by atoms with Crippen molar-refractivity contribution in [3.8, 4) is 5.75 Å². The van der Waals surface area contributed by atoms with Crippen LogP contribution in [0.5, 0.6) is 5.75 Å². The van der Waals surface area contributed by atoms with E-state index in [1.807, 2.05) is 0 Å². The van der Waals surface area contributed by atoms with Crippen LogP contribution < -0.4 is 10.2 Å². The number of thiazole rings is 1. The molecule has 0 radical (unpaired) electrons. The van der Waals surface area contributed by atoms with Crippen LogP contribution in [-0.2, 0) is 0 Å². The number of anilines is 1. The third-order valence-electron chi connectivity index (χ3n) is 2.20. The molecule has 1 N–H and O–H groups in total. The maximum Gasteiger partial charge on any atom is 0.573 e. The Kier molecular flexibility index (Phi) is 4.41. The minimum absolute atomic E-state index is 0.141. The molecule has 1 aromatic carbocycles. The highest BCUT2D eigenvalue weighted by Gasteiger charge is 2.32. The van der Waals surface area contributed by atoms with Crippen molar-refractivity contribution in [1.82, 2.24) is 4.98 Å². The van der Waals surface area contributed by atoms with E-state index >= 15 is 0 Å². The van der Waals surface area contributed by atoms with E-state index in [9.17, 15) is 17.6 Å². The molecule has 0 aliphatic carbocycles. The van der Waals surface area contributed by atoms with Crippen LogP contribution in [0.25, 0.3) is 0 Å². The van der Waals surface area contributed by atoms with Gasteiger partial charge >= 0.3 is 6.36 Å². The first kappa shape index (κ1) is 15.2. The van der Waals surface area contributed by atoms with Gasteiger partial charge in [-0.3, -0.25) is 5.43 Å². The Morgan fingerprint density at radius 3 is 2.76 bits per heavy atom. The topological polar surface area (TPSA) is 46.5 Å². The lowest BCUT2D eigenvalue weighted by Gasteiger charge is -2.10. The molecule has 2 rings (SSSR count). The molecule has 1 aromatic heterocycles. The first-order valence-corrected chi connectivity index (χ1v) is 6.48. The van der Waals surface area contributed by atoms with E-state index in [1.54, 1.807) is 12.3 Å². The average molecular weight is 319 g/mol. The van der Waals surface area contributed by atoms with Gasteiger partial charge in [-0.1, -0.05) is 12.1 Å². The maximum atomic E-state index is 13.8. The van der Waals surface area contributed by atoms with Gasteiger partial charge in [-0.05, 0) is 13.0 Å². The molecule has 9 heteroatoms. The van der Waals surface area contributed by atoms with Crippen molar-refractivity contribution < 1.29 is 22.3 Å². The molecule has 0 saturated heterocycles. The summed E-state index contributed by atoms with van der Waals surface area (Å²) in [6.07, 6.45) is -3.90. The number of aryl methyl sites for hydroxylation is 1. The molecule has 0 bridgehead atoms. The lowest BCUT2D eigenvalue weighted by molar-refractivity contribution is -0.275. The van der Waals surface area contributed by atoms with E-state index < -0.39 is 17.9 Å². The van der Waals surface area contributed by atoms with Crippen molar-refractivity contribution in [2.75, 3.05) is 5.43 Å². The van der Waals surface area contributed by atoms with Gasteiger partial charge in [0.2, 0.25) is 5.13 Å². The zero-order valence-corrected chi connectivity index (χ0v) is 11.4. The van der Waals surface area contributed by atoms with Crippen LogP contribution in [0.15, 0.2) is 28.7 Å². The lowest BCUT2D eigenvalue weighted by atomic mass is 10.2. The number of ether oxygens (including phenoxy) is 1. The summed E-state index contributed by atoms with van der Waals surface area (Å²) >= 11 is 1.30. The van der Waals surface area contributed by atoms with Crippen LogP contribution in [0.2, 0.25) is 0 Å². The summed E-state index contributed by atoms with van der Waals surface area (Å²) in [5.74, 6) is -2.05. The summed E-state index contributed by atoms with van der Waals surface area (Å²) in [5.41, 5.74) is 3.21. The Labute approximate surface area is 121 Å². The normalized spacial score (nSPS) is 11.9. The standard InChI is InChI=1S/C12H9F4N3OS/c1-7-6-21-11(18-7)19-17-5-8-3-2-4-9(10(8)13)20-12(14,15)16/h2-6H,1H3,(H,18,19). The molecule has 112 valence electrons. The number of hydrazone groups is 1. The average Bonchev–Trinajstić information content (AvgIpc) is 2.78. The third kappa shape index (κ3) is 4.42. The molecular weight excluding hydrogens is 310 g/mol. The number of nitrogens with zero attached hydrogens (tertiary/aromatic N) is 2. The van der Waals surface area contributed by atoms with Crippen molar-refractivity contribution in [2.24, 2.45) is 5.10 Å². The number of hydrogen-bond acceptors (Lipinski definition) is 5. The smallest absolute Gasteiger partial charge is 0.403 e. The fourth-order valence-electron chi connectivity index (χ4n) is 1.39. The molecule has 0 amide bonds. The predicted octanol–water partition coefficient (Wildman–Crippen LogP) is 3.94. The zero-order valence-electron chi connectivity index (χ0n) is 10.6. The number of halogens is 4. The summed E-state index contributed by atoms with van der Waals surface area (Å²) in [4.78, 5) is 4.06. The van der Waals surface area contributed by atoms with Crippen molar-refractivity contribution in [3.05, 3.63) is 40.7 Å². The summed E-state index contributed by atoms with van der Waals surface area (Å²) in [6, 6.07) is 3.40. The van der Waals surface area contributed by atoms with Crippen molar-refractivity contribution in [3.63, 3.8) is 0 Å². The zero-order chi connectivity index (χ0) is 15.5. The maximum absolute atomic E-state index is 13.8. The van der Waals surface area contributed by atoms with E-state index in [0.29, 0.717) is 5.13 Å². The third-order valence-corrected chi connectivity index (χ3v) is 3.07. The minimum Gasteiger partial charge on any atom is -0.403 e.